The summed E-state index contributed by atoms with van der Waals surface area (Å²) < 4.78 is 5.50. The van der Waals surface area contributed by atoms with E-state index in [4.69, 9.17) is 4.74 Å². The van der Waals surface area contributed by atoms with E-state index in [9.17, 15) is 4.79 Å². The van der Waals surface area contributed by atoms with Crippen molar-refractivity contribution in [3.8, 4) is 0 Å². The summed E-state index contributed by atoms with van der Waals surface area (Å²) in [5.41, 5.74) is -0.213. The molecule has 1 fully saturated rings. The molecule has 0 aliphatic heterocycles. The molecule has 22 heavy (non-hydrogen) atoms. The number of unbranched alkanes of at least 4 members (excludes halogenated alkanes) is 6. The van der Waals surface area contributed by atoms with Gasteiger partial charge >= 0.3 is 0 Å². The van der Waals surface area contributed by atoms with Crippen molar-refractivity contribution in [2.24, 2.45) is 17.3 Å². The number of ketones is 1. The highest BCUT2D eigenvalue weighted by molar-refractivity contribution is 5.85. The SMILES string of the molecule is CCCCCCCCCC(=O)C1(COC)C(C)CCCC1C. The molecule has 0 bridgehead atoms. The normalized spacial score (nSPS) is 28.7. The van der Waals surface area contributed by atoms with Crippen LogP contribution in [-0.2, 0) is 9.53 Å². The summed E-state index contributed by atoms with van der Waals surface area (Å²) >= 11 is 0. The number of hydrogen-bond acceptors (Lipinski definition) is 2. The lowest BCUT2D eigenvalue weighted by atomic mass is 9.58. The van der Waals surface area contributed by atoms with Crippen LogP contribution in [0.4, 0.5) is 0 Å². The third kappa shape index (κ3) is 5.08. The van der Waals surface area contributed by atoms with Crippen LogP contribution in [0.2, 0.25) is 0 Å². The quantitative estimate of drug-likeness (QED) is 0.452. The maximum Gasteiger partial charge on any atom is 0.141 e. The molecule has 0 aromatic heterocycles. The summed E-state index contributed by atoms with van der Waals surface area (Å²) in [4.78, 5) is 13.0. The zero-order chi connectivity index (χ0) is 16.4. The lowest BCUT2D eigenvalue weighted by molar-refractivity contribution is -0.144. The Kier molecular flexibility index (Phi) is 9.31. The molecule has 0 aromatic rings. The third-order valence-electron chi connectivity index (χ3n) is 5.94. The summed E-state index contributed by atoms with van der Waals surface area (Å²) in [5.74, 6) is 1.41. The first kappa shape index (κ1) is 19.7. The zero-order valence-electron chi connectivity index (χ0n) is 15.5. The minimum atomic E-state index is -0.213. The topological polar surface area (TPSA) is 26.3 Å². The van der Waals surface area contributed by atoms with Gasteiger partial charge in [-0.05, 0) is 31.1 Å². The molecule has 2 nitrogen and oxygen atoms in total. The summed E-state index contributed by atoms with van der Waals surface area (Å²) in [7, 11) is 1.75. The van der Waals surface area contributed by atoms with E-state index in [1.165, 1.54) is 57.8 Å². The van der Waals surface area contributed by atoms with Crippen molar-refractivity contribution >= 4 is 5.78 Å². The van der Waals surface area contributed by atoms with Gasteiger partial charge in [0, 0.05) is 13.5 Å². The Hall–Kier alpha value is -0.370. The van der Waals surface area contributed by atoms with Crippen molar-refractivity contribution in [2.45, 2.75) is 91.4 Å². The van der Waals surface area contributed by atoms with E-state index >= 15 is 0 Å². The largest absolute Gasteiger partial charge is 0.384 e. The first-order valence-electron chi connectivity index (χ1n) is 9.61. The van der Waals surface area contributed by atoms with Crippen LogP contribution >= 0.6 is 0 Å². The number of carbonyl (C=O) groups excluding carboxylic acids is 1. The van der Waals surface area contributed by atoms with Gasteiger partial charge in [-0.25, -0.2) is 0 Å². The first-order valence-corrected chi connectivity index (χ1v) is 9.61. The van der Waals surface area contributed by atoms with Crippen molar-refractivity contribution in [1.29, 1.82) is 0 Å². The highest BCUT2D eigenvalue weighted by Gasteiger charge is 2.48. The minimum Gasteiger partial charge on any atom is -0.384 e. The van der Waals surface area contributed by atoms with E-state index in [0.29, 0.717) is 24.2 Å². The van der Waals surface area contributed by atoms with Crippen LogP contribution in [0, 0.1) is 17.3 Å². The molecule has 2 heteroatoms. The van der Waals surface area contributed by atoms with Crippen LogP contribution in [0.1, 0.15) is 91.4 Å². The van der Waals surface area contributed by atoms with Gasteiger partial charge in [0.2, 0.25) is 0 Å². The second-order valence-corrected chi connectivity index (χ2v) is 7.50. The van der Waals surface area contributed by atoms with Gasteiger partial charge in [-0.15, -0.1) is 0 Å². The molecule has 0 radical (unpaired) electrons. The van der Waals surface area contributed by atoms with Gasteiger partial charge in [-0.2, -0.15) is 0 Å². The monoisotopic (exact) mass is 310 g/mol. The molecule has 0 spiro atoms. The lowest BCUT2D eigenvalue weighted by Gasteiger charge is -2.46. The zero-order valence-corrected chi connectivity index (χ0v) is 15.5. The molecule has 0 saturated heterocycles. The Labute approximate surface area is 138 Å². The number of hydrogen-bond donors (Lipinski definition) is 0. The van der Waals surface area contributed by atoms with E-state index < -0.39 is 0 Å². The van der Waals surface area contributed by atoms with Gasteiger partial charge in [-0.1, -0.05) is 65.7 Å². The van der Waals surface area contributed by atoms with Crippen molar-refractivity contribution in [3.05, 3.63) is 0 Å². The third-order valence-corrected chi connectivity index (χ3v) is 5.94. The highest BCUT2D eigenvalue weighted by atomic mass is 16.5. The fourth-order valence-electron chi connectivity index (χ4n) is 4.36. The molecule has 2 unspecified atom stereocenters. The van der Waals surface area contributed by atoms with E-state index in [-0.39, 0.29) is 5.41 Å². The number of carbonyl (C=O) groups is 1. The van der Waals surface area contributed by atoms with Crippen LogP contribution in [0.15, 0.2) is 0 Å². The Morgan fingerprint density at radius 1 is 1.00 bits per heavy atom. The van der Waals surface area contributed by atoms with Gasteiger partial charge in [0.1, 0.15) is 5.78 Å². The average Bonchev–Trinajstić information content (AvgIpc) is 2.50. The van der Waals surface area contributed by atoms with Crippen molar-refractivity contribution in [3.63, 3.8) is 0 Å². The van der Waals surface area contributed by atoms with Crippen LogP contribution in [0.25, 0.3) is 0 Å². The second-order valence-electron chi connectivity index (χ2n) is 7.50. The predicted molar refractivity (Wildman–Crippen MR) is 94.1 cm³/mol. The maximum atomic E-state index is 13.0. The number of ether oxygens (including phenoxy) is 1. The number of methoxy groups -OCH3 is 1. The van der Waals surface area contributed by atoms with Gasteiger partial charge in [0.25, 0.3) is 0 Å². The molecule has 1 aliphatic rings. The van der Waals surface area contributed by atoms with Gasteiger partial charge in [0.15, 0.2) is 0 Å². The van der Waals surface area contributed by atoms with E-state index in [1.54, 1.807) is 7.11 Å². The van der Waals surface area contributed by atoms with Crippen LogP contribution in [-0.4, -0.2) is 19.5 Å². The lowest BCUT2D eigenvalue weighted by Crippen LogP contribution is -2.49. The van der Waals surface area contributed by atoms with Gasteiger partial charge in [0.05, 0.1) is 12.0 Å². The number of Topliss-reactive ketones (excluding diaryl/α,β-unsaturated/α-hetero) is 1. The molecule has 0 amide bonds. The molecule has 1 rings (SSSR count). The second kappa shape index (κ2) is 10.4. The van der Waals surface area contributed by atoms with Crippen molar-refractivity contribution < 1.29 is 9.53 Å². The molecular formula is C20H38O2. The van der Waals surface area contributed by atoms with Crippen LogP contribution < -0.4 is 0 Å². The van der Waals surface area contributed by atoms with E-state index in [1.807, 2.05) is 0 Å². The molecule has 1 aliphatic carbocycles. The summed E-state index contributed by atoms with van der Waals surface area (Å²) in [6, 6.07) is 0. The first-order chi connectivity index (χ1) is 10.6. The van der Waals surface area contributed by atoms with Crippen LogP contribution in [0.3, 0.4) is 0 Å². The number of rotatable bonds is 11. The Morgan fingerprint density at radius 3 is 2.09 bits per heavy atom. The molecular weight excluding hydrogens is 272 g/mol. The van der Waals surface area contributed by atoms with Crippen molar-refractivity contribution in [1.82, 2.24) is 0 Å². The Morgan fingerprint density at radius 2 is 1.55 bits per heavy atom. The fourth-order valence-corrected chi connectivity index (χ4v) is 4.36. The van der Waals surface area contributed by atoms with Crippen molar-refractivity contribution in [2.75, 3.05) is 13.7 Å². The van der Waals surface area contributed by atoms with Crippen LogP contribution in [0.5, 0.6) is 0 Å². The molecule has 130 valence electrons. The van der Waals surface area contributed by atoms with Gasteiger partial charge in [-0.3, -0.25) is 4.79 Å². The molecule has 1 saturated carbocycles. The smallest absolute Gasteiger partial charge is 0.141 e. The van der Waals surface area contributed by atoms with Gasteiger partial charge < -0.3 is 4.74 Å². The Balaban J connectivity index is 2.45. The standard InChI is InChI=1S/C20H38O2/c1-5-6-7-8-9-10-11-15-19(21)20(16-22-4)17(2)13-12-14-18(20)3/h17-18H,5-16H2,1-4H3. The molecule has 0 N–H and O–H groups in total. The average molecular weight is 311 g/mol. The van der Waals surface area contributed by atoms with E-state index in [0.717, 1.165) is 12.8 Å². The molecule has 0 aromatic carbocycles. The predicted octanol–water partition coefficient (Wildman–Crippen LogP) is 5.79. The summed E-state index contributed by atoms with van der Waals surface area (Å²) in [5, 5.41) is 0. The minimum absolute atomic E-state index is 0.213. The fraction of sp³-hybridized carbons (Fsp3) is 0.950. The summed E-state index contributed by atoms with van der Waals surface area (Å²) in [6.45, 7) is 7.39. The molecule has 2 atom stereocenters. The maximum absolute atomic E-state index is 13.0. The Bertz CT molecular complexity index is 301. The highest BCUT2D eigenvalue weighted by Crippen LogP contribution is 2.47. The molecule has 0 heterocycles. The van der Waals surface area contributed by atoms with E-state index in [2.05, 4.69) is 20.8 Å². The summed E-state index contributed by atoms with van der Waals surface area (Å²) in [6.07, 6.45) is 13.3.